The fraction of sp³-hybridized carbons (Fsp3) is 0.647. The lowest BCUT2D eigenvalue weighted by Crippen LogP contribution is -2.35. The Morgan fingerprint density at radius 1 is 1.31 bits per heavy atom. The maximum absolute atomic E-state index is 9.04. The van der Waals surface area contributed by atoms with Crippen LogP contribution in [0.1, 0.15) is 30.4 Å². The van der Waals surface area contributed by atoms with Gasteiger partial charge in [-0.05, 0) is 26.0 Å². The van der Waals surface area contributed by atoms with Crippen LogP contribution in [-0.4, -0.2) is 75.1 Å². The van der Waals surface area contributed by atoms with Crippen molar-refractivity contribution in [2.45, 2.75) is 25.3 Å². The van der Waals surface area contributed by atoms with Gasteiger partial charge in [-0.1, -0.05) is 0 Å². The number of hydrogen-bond donors (Lipinski definition) is 2. The van der Waals surface area contributed by atoms with Crippen LogP contribution in [0.3, 0.4) is 0 Å². The minimum absolute atomic E-state index is 0.149. The lowest BCUT2D eigenvalue weighted by molar-refractivity contribution is 0.213. The quantitative estimate of drug-likeness (QED) is 0.735. The highest BCUT2D eigenvalue weighted by Crippen LogP contribution is 2.28. The molecule has 1 saturated heterocycles. The Kier molecular flexibility index (Phi) is 6.00. The molecule has 0 bridgehead atoms. The summed E-state index contributed by atoms with van der Waals surface area (Å²) in [5.41, 5.74) is 0. The Hall–Kier alpha value is -2.26. The van der Waals surface area contributed by atoms with Crippen molar-refractivity contribution in [2.75, 3.05) is 50.6 Å². The number of rotatable bonds is 7. The van der Waals surface area contributed by atoms with E-state index in [1.54, 1.807) is 6.20 Å². The fourth-order valence-corrected chi connectivity index (χ4v) is 3.34. The molecule has 9 heteroatoms. The van der Waals surface area contributed by atoms with Crippen molar-refractivity contribution < 1.29 is 5.11 Å². The zero-order valence-electron chi connectivity index (χ0n) is 15.8. The second-order valence-electron chi connectivity index (χ2n) is 6.75. The van der Waals surface area contributed by atoms with Gasteiger partial charge in [0.2, 0.25) is 5.95 Å². The molecule has 2 N–H and O–H groups in total. The molecule has 0 radical (unpaired) electrons. The summed E-state index contributed by atoms with van der Waals surface area (Å²) in [6.45, 7) is 3.28. The van der Waals surface area contributed by atoms with Gasteiger partial charge in [-0.2, -0.15) is 4.98 Å². The lowest BCUT2D eigenvalue weighted by Gasteiger charge is -2.31. The third-order valence-corrected chi connectivity index (χ3v) is 4.93. The summed E-state index contributed by atoms with van der Waals surface area (Å²) in [7, 11) is 5.87. The summed E-state index contributed by atoms with van der Waals surface area (Å²) in [6, 6.07) is 1.87. The number of anilines is 2. The number of hydrogen-bond acceptors (Lipinski definition) is 8. The van der Waals surface area contributed by atoms with Crippen molar-refractivity contribution in [1.82, 2.24) is 29.6 Å². The Morgan fingerprint density at radius 2 is 2.08 bits per heavy atom. The molecule has 3 rings (SSSR count). The second-order valence-corrected chi connectivity index (χ2v) is 6.75. The average molecular weight is 360 g/mol. The first-order chi connectivity index (χ1) is 12.6. The molecule has 1 aliphatic heterocycles. The molecule has 0 atom stereocenters. The summed E-state index contributed by atoms with van der Waals surface area (Å²) in [5, 5.41) is 20.9. The monoisotopic (exact) mass is 360 g/mol. The van der Waals surface area contributed by atoms with Crippen LogP contribution in [0, 0.1) is 0 Å². The van der Waals surface area contributed by atoms with Crippen molar-refractivity contribution in [1.29, 1.82) is 0 Å². The maximum Gasteiger partial charge on any atom is 0.227 e. The van der Waals surface area contributed by atoms with Gasteiger partial charge in [0.1, 0.15) is 17.5 Å². The first-order valence-electron chi connectivity index (χ1n) is 9.05. The molecular weight excluding hydrogens is 332 g/mol. The normalized spacial score (nSPS) is 15.7. The van der Waals surface area contributed by atoms with Gasteiger partial charge < -0.3 is 19.9 Å². The topological polar surface area (TPSA) is 95.2 Å². The van der Waals surface area contributed by atoms with E-state index in [0.717, 1.165) is 49.3 Å². The van der Waals surface area contributed by atoms with Crippen molar-refractivity contribution in [3.63, 3.8) is 0 Å². The SMILES string of the molecule is CNc1ccnc(N2CCC(c3nnc(CN(C)CCO)n3C)CC2)n1. The number of aliphatic hydroxyl groups is 1. The van der Waals surface area contributed by atoms with Crippen LogP contribution in [0.15, 0.2) is 12.3 Å². The van der Waals surface area contributed by atoms with Gasteiger partial charge in [0.15, 0.2) is 0 Å². The highest BCUT2D eigenvalue weighted by Gasteiger charge is 2.26. The van der Waals surface area contributed by atoms with Gasteiger partial charge in [-0.3, -0.25) is 4.90 Å². The molecule has 0 amide bonds. The number of aromatic nitrogens is 5. The van der Waals surface area contributed by atoms with E-state index in [9.17, 15) is 0 Å². The molecule has 1 aliphatic rings. The van der Waals surface area contributed by atoms with Gasteiger partial charge in [-0.25, -0.2) is 4.98 Å². The minimum Gasteiger partial charge on any atom is -0.395 e. The molecule has 9 nitrogen and oxygen atoms in total. The van der Waals surface area contributed by atoms with Crippen molar-refractivity contribution in [3.05, 3.63) is 23.9 Å². The average Bonchev–Trinajstić information content (AvgIpc) is 3.02. The number of piperidine rings is 1. The van der Waals surface area contributed by atoms with Crippen LogP contribution in [0.4, 0.5) is 11.8 Å². The fourth-order valence-electron chi connectivity index (χ4n) is 3.34. The number of aliphatic hydroxyl groups excluding tert-OH is 1. The number of nitrogens with one attached hydrogen (secondary N) is 1. The Balaban J connectivity index is 1.62. The van der Waals surface area contributed by atoms with E-state index in [-0.39, 0.29) is 6.61 Å². The number of likely N-dealkylation sites (N-methyl/N-ethyl adjacent to an activating group) is 1. The summed E-state index contributed by atoms with van der Waals surface area (Å²) in [5.74, 6) is 3.99. The van der Waals surface area contributed by atoms with Crippen LogP contribution in [0.25, 0.3) is 0 Å². The van der Waals surface area contributed by atoms with Gasteiger partial charge in [0, 0.05) is 45.8 Å². The Bertz CT molecular complexity index is 711. The summed E-state index contributed by atoms with van der Waals surface area (Å²) in [6.07, 6.45) is 3.80. The molecule has 0 spiro atoms. The Labute approximate surface area is 154 Å². The summed E-state index contributed by atoms with van der Waals surface area (Å²) in [4.78, 5) is 13.2. The molecule has 0 aliphatic carbocycles. The zero-order valence-corrected chi connectivity index (χ0v) is 15.8. The third kappa shape index (κ3) is 4.10. The van der Waals surface area contributed by atoms with E-state index in [0.29, 0.717) is 19.0 Å². The highest BCUT2D eigenvalue weighted by molar-refractivity contribution is 5.41. The van der Waals surface area contributed by atoms with Crippen LogP contribution >= 0.6 is 0 Å². The van der Waals surface area contributed by atoms with E-state index >= 15 is 0 Å². The van der Waals surface area contributed by atoms with E-state index in [4.69, 9.17) is 5.11 Å². The van der Waals surface area contributed by atoms with Gasteiger partial charge in [-0.15, -0.1) is 10.2 Å². The molecular formula is C17H28N8O. The molecule has 0 aromatic carbocycles. The molecule has 3 heterocycles. The molecule has 0 saturated carbocycles. The zero-order chi connectivity index (χ0) is 18.5. The first-order valence-corrected chi connectivity index (χ1v) is 9.05. The molecule has 1 fully saturated rings. The molecule has 2 aromatic rings. The summed E-state index contributed by atoms with van der Waals surface area (Å²) >= 11 is 0. The largest absolute Gasteiger partial charge is 0.395 e. The van der Waals surface area contributed by atoms with Crippen LogP contribution in [-0.2, 0) is 13.6 Å². The third-order valence-electron chi connectivity index (χ3n) is 4.93. The van der Waals surface area contributed by atoms with Crippen molar-refractivity contribution in [3.8, 4) is 0 Å². The van der Waals surface area contributed by atoms with Crippen molar-refractivity contribution >= 4 is 11.8 Å². The minimum atomic E-state index is 0.149. The summed E-state index contributed by atoms with van der Waals surface area (Å²) < 4.78 is 2.10. The van der Waals surface area contributed by atoms with E-state index in [2.05, 4.69) is 34.9 Å². The maximum atomic E-state index is 9.04. The standard InChI is InChI=1S/C17H28N8O/c1-18-14-4-7-19-17(20-14)25-8-5-13(6-9-25)16-22-21-15(24(16)3)12-23(2)10-11-26/h4,7,13,26H,5-6,8-12H2,1-3H3,(H,18,19,20). The molecule has 0 unspecified atom stereocenters. The molecule has 26 heavy (non-hydrogen) atoms. The van der Waals surface area contributed by atoms with Crippen molar-refractivity contribution in [2.24, 2.45) is 7.05 Å². The first kappa shape index (κ1) is 18.5. The lowest BCUT2D eigenvalue weighted by atomic mass is 9.96. The predicted molar refractivity (Wildman–Crippen MR) is 100 cm³/mol. The Morgan fingerprint density at radius 3 is 2.77 bits per heavy atom. The predicted octanol–water partition coefficient (Wildman–Crippen LogP) is 0.455. The van der Waals surface area contributed by atoms with E-state index in [1.165, 1.54) is 0 Å². The van der Waals surface area contributed by atoms with Crippen LogP contribution in [0.2, 0.25) is 0 Å². The van der Waals surface area contributed by atoms with Crippen LogP contribution < -0.4 is 10.2 Å². The molecule has 2 aromatic heterocycles. The highest BCUT2D eigenvalue weighted by atomic mass is 16.3. The molecule has 142 valence electrons. The number of nitrogens with zero attached hydrogens (tertiary/aromatic N) is 7. The smallest absolute Gasteiger partial charge is 0.227 e. The van der Waals surface area contributed by atoms with Crippen LogP contribution in [0.5, 0.6) is 0 Å². The van der Waals surface area contributed by atoms with E-state index in [1.807, 2.05) is 32.1 Å². The second kappa shape index (κ2) is 8.41. The van der Waals surface area contributed by atoms with Gasteiger partial charge in [0.25, 0.3) is 0 Å². The van der Waals surface area contributed by atoms with Gasteiger partial charge >= 0.3 is 0 Å². The van der Waals surface area contributed by atoms with Gasteiger partial charge in [0.05, 0.1) is 13.2 Å². The van der Waals surface area contributed by atoms with E-state index < -0.39 is 0 Å².